The fourth-order valence-corrected chi connectivity index (χ4v) is 4.11. The smallest absolute Gasteiger partial charge is 0.263 e. The van der Waals surface area contributed by atoms with Crippen molar-refractivity contribution in [2.75, 3.05) is 13.1 Å². The zero-order chi connectivity index (χ0) is 22.8. The number of nitrogens with two attached hydrogens (primary N) is 1. The van der Waals surface area contributed by atoms with Crippen molar-refractivity contribution in [3.63, 3.8) is 0 Å². The number of ether oxygens (including phenoxy) is 1. The predicted octanol–water partition coefficient (Wildman–Crippen LogP) is 3.79. The number of amides is 2. The number of likely N-dealkylation sites (tertiary alicyclic amines) is 1. The van der Waals surface area contributed by atoms with Crippen molar-refractivity contribution in [2.24, 2.45) is 5.73 Å². The molecule has 2 aromatic carbocycles. The Balaban J connectivity index is 1.57. The monoisotopic (exact) mass is 439 g/mol. The van der Waals surface area contributed by atoms with E-state index in [0.717, 1.165) is 0 Å². The number of primary amides is 1. The van der Waals surface area contributed by atoms with E-state index in [1.807, 2.05) is 0 Å². The maximum atomic E-state index is 13.9. The van der Waals surface area contributed by atoms with Gasteiger partial charge < -0.3 is 15.4 Å². The number of fused-ring (bicyclic) bond motifs is 1. The highest BCUT2D eigenvalue weighted by Gasteiger charge is 2.31. The number of halogens is 2. The number of nitrogens with zero attached hydrogens (tertiary/aromatic N) is 2. The molecule has 8 heteroatoms. The highest BCUT2D eigenvalue weighted by molar-refractivity contribution is 5.98. The number of hydrogen-bond acceptors (Lipinski definition) is 4. The number of rotatable bonds is 5. The molecule has 2 atom stereocenters. The number of hydrogen-bond donors (Lipinski definition) is 1. The van der Waals surface area contributed by atoms with Gasteiger partial charge in [0.1, 0.15) is 5.82 Å². The summed E-state index contributed by atoms with van der Waals surface area (Å²) in [4.78, 5) is 31.3. The summed E-state index contributed by atoms with van der Waals surface area (Å²) in [6, 6.07) is 11.6. The molecular weight excluding hydrogens is 416 g/mol. The summed E-state index contributed by atoms with van der Waals surface area (Å²) in [7, 11) is 0. The molecule has 2 N–H and O–H groups in total. The number of pyridine rings is 1. The second kappa shape index (κ2) is 8.90. The first-order valence-electron chi connectivity index (χ1n) is 10.4. The van der Waals surface area contributed by atoms with Crippen molar-refractivity contribution in [1.82, 2.24) is 9.88 Å². The molecule has 3 aromatic rings. The van der Waals surface area contributed by atoms with E-state index >= 15 is 0 Å². The van der Waals surface area contributed by atoms with E-state index < -0.39 is 23.6 Å². The van der Waals surface area contributed by atoms with Crippen molar-refractivity contribution >= 4 is 22.7 Å². The Kier molecular flexibility index (Phi) is 6.03. The largest absolute Gasteiger partial charge is 0.478 e. The highest BCUT2D eigenvalue weighted by Crippen LogP contribution is 2.31. The Hall–Kier alpha value is -3.55. The third-order valence-electron chi connectivity index (χ3n) is 5.68. The highest BCUT2D eigenvalue weighted by atomic mass is 19.1. The van der Waals surface area contributed by atoms with Gasteiger partial charge in [-0.15, -0.1) is 0 Å². The molecule has 1 aromatic heterocycles. The maximum Gasteiger partial charge on any atom is 0.263 e. The summed E-state index contributed by atoms with van der Waals surface area (Å²) in [5, 5.41) is 0.484. The average molecular weight is 439 g/mol. The Labute approximate surface area is 184 Å². The second-order valence-corrected chi connectivity index (χ2v) is 7.94. The molecule has 0 aliphatic carbocycles. The normalized spacial score (nSPS) is 17.2. The average Bonchev–Trinajstić information content (AvgIpc) is 2.79. The SMILES string of the molecule is CC(Oc1ccccc1F)C(=O)N1CCCC(c2nc3ccc(F)cc3cc2C(N)=O)C1. The maximum absolute atomic E-state index is 13.9. The van der Waals surface area contributed by atoms with Crippen LogP contribution in [0.25, 0.3) is 10.9 Å². The van der Waals surface area contributed by atoms with Gasteiger partial charge in [-0.1, -0.05) is 12.1 Å². The van der Waals surface area contributed by atoms with Gasteiger partial charge in [-0.2, -0.15) is 0 Å². The van der Waals surface area contributed by atoms with Crippen LogP contribution in [0.15, 0.2) is 48.5 Å². The van der Waals surface area contributed by atoms with Gasteiger partial charge in [0.05, 0.1) is 16.8 Å². The standard InChI is InChI=1S/C24H23F2N3O3/c1-14(32-21-7-3-2-6-19(21)26)24(31)29-10-4-5-15(13-29)22-18(23(27)30)12-16-11-17(25)8-9-20(16)28-22/h2-3,6-9,11-12,14-15H,4-5,10,13H2,1H3,(H2,27,30). The van der Waals surface area contributed by atoms with E-state index in [2.05, 4.69) is 4.98 Å². The topological polar surface area (TPSA) is 85.5 Å². The van der Waals surface area contributed by atoms with Crippen molar-refractivity contribution in [3.8, 4) is 5.75 Å². The van der Waals surface area contributed by atoms with Crippen LogP contribution in [0, 0.1) is 11.6 Å². The Morgan fingerprint density at radius 2 is 1.97 bits per heavy atom. The van der Waals surface area contributed by atoms with Crippen LogP contribution in [0.4, 0.5) is 8.78 Å². The van der Waals surface area contributed by atoms with E-state index in [4.69, 9.17) is 10.5 Å². The predicted molar refractivity (Wildman–Crippen MR) is 115 cm³/mol. The first-order valence-corrected chi connectivity index (χ1v) is 10.4. The minimum Gasteiger partial charge on any atom is -0.478 e. The molecule has 0 saturated carbocycles. The minimum atomic E-state index is -0.881. The molecule has 2 heterocycles. The number of carbonyl (C=O) groups excluding carboxylic acids is 2. The number of piperidine rings is 1. The summed E-state index contributed by atoms with van der Waals surface area (Å²) >= 11 is 0. The molecule has 2 unspecified atom stereocenters. The van der Waals surface area contributed by atoms with Crippen LogP contribution in [0.5, 0.6) is 5.75 Å². The number of para-hydroxylation sites is 1. The van der Waals surface area contributed by atoms with Crippen LogP contribution in [0.1, 0.15) is 41.7 Å². The lowest BCUT2D eigenvalue weighted by Gasteiger charge is -2.34. The van der Waals surface area contributed by atoms with Crippen molar-refractivity contribution < 1.29 is 23.1 Å². The van der Waals surface area contributed by atoms with Gasteiger partial charge in [0.25, 0.3) is 11.8 Å². The molecule has 0 radical (unpaired) electrons. The van der Waals surface area contributed by atoms with Crippen LogP contribution in [-0.2, 0) is 4.79 Å². The molecular formula is C24H23F2N3O3. The molecule has 0 bridgehead atoms. The fourth-order valence-electron chi connectivity index (χ4n) is 4.11. The lowest BCUT2D eigenvalue weighted by Crippen LogP contribution is -2.45. The molecule has 1 aliphatic heterocycles. The zero-order valence-corrected chi connectivity index (χ0v) is 17.6. The van der Waals surface area contributed by atoms with Gasteiger partial charge in [0, 0.05) is 24.4 Å². The zero-order valence-electron chi connectivity index (χ0n) is 17.6. The summed E-state index contributed by atoms with van der Waals surface area (Å²) in [5.74, 6) is -2.10. The van der Waals surface area contributed by atoms with Crippen LogP contribution in [0.2, 0.25) is 0 Å². The molecule has 166 valence electrons. The van der Waals surface area contributed by atoms with Crippen molar-refractivity contribution in [3.05, 3.63) is 71.4 Å². The summed E-state index contributed by atoms with van der Waals surface area (Å²) in [6.45, 7) is 2.42. The van der Waals surface area contributed by atoms with Gasteiger partial charge >= 0.3 is 0 Å². The van der Waals surface area contributed by atoms with Gasteiger partial charge in [0.2, 0.25) is 0 Å². The molecule has 1 fully saturated rings. The lowest BCUT2D eigenvalue weighted by molar-refractivity contribution is -0.139. The number of aromatic nitrogens is 1. The first kappa shape index (κ1) is 21.7. The van der Waals surface area contributed by atoms with Crippen molar-refractivity contribution in [1.29, 1.82) is 0 Å². The van der Waals surface area contributed by atoms with E-state index in [-0.39, 0.29) is 23.1 Å². The second-order valence-electron chi connectivity index (χ2n) is 7.94. The molecule has 2 amide bonds. The summed E-state index contributed by atoms with van der Waals surface area (Å²) in [6.07, 6.45) is 0.532. The van der Waals surface area contributed by atoms with Gasteiger partial charge in [-0.25, -0.2) is 8.78 Å². The third kappa shape index (κ3) is 4.39. The van der Waals surface area contributed by atoms with Crippen LogP contribution < -0.4 is 10.5 Å². The molecule has 1 saturated heterocycles. The summed E-state index contributed by atoms with van der Waals surface area (Å²) in [5.41, 5.74) is 6.85. The van der Waals surface area contributed by atoms with Gasteiger partial charge in [-0.05, 0) is 56.2 Å². The number of benzene rings is 2. The third-order valence-corrected chi connectivity index (χ3v) is 5.68. The molecule has 32 heavy (non-hydrogen) atoms. The van der Waals surface area contributed by atoms with E-state index in [9.17, 15) is 18.4 Å². The molecule has 4 rings (SSSR count). The van der Waals surface area contributed by atoms with E-state index in [0.29, 0.717) is 42.5 Å². The van der Waals surface area contributed by atoms with Crippen molar-refractivity contribution in [2.45, 2.75) is 31.8 Å². The van der Waals surface area contributed by atoms with Crippen LogP contribution in [0.3, 0.4) is 0 Å². The molecule has 6 nitrogen and oxygen atoms in total. The van der Waals surface area contributed by atoms with Crippen LogP contribution >= 0.6 is 0 Å². The Morgan fingerprint density at radius 1 is 1.19 bits per heavy atom. The quantitative estimate of drug-likeness (QED) is 0.656. The Morgan fingerprint density at radius 3 is 2.72 bits per heavy atom. The minimum absolute atomic E-state index is 0.0151. The summed E-state index contributed by atoms with van der Waals surface area (Å²) < 4.78 is 33.0. The lowest BCUT2D eigenvalue weighted by atomic mass is 9.90. The van der Waals surface area contributed by atoms with E-state index in [1.165, 1.54) is 24.3 Å². The van der Waals surface area contributed by atoms with Gasteiger partial charge in [0.15, 0.2) is 17.7 Å². The first-order chi connectivity index (χ1) is 15.3. The molecule has 1 aliphatic rings. The fraction of sp³-hybridized carbons (Fsp3) is 0.292. The van der Waals surface area contributed by atoms with Crippen LogP contribution in [-0.4, -0.2) is 40.9 Å². The Bertz CT molecular complexity index is 1180. The van der Waals surface area contributed by atoms with Gasteiger partial charge in [-0.3, -0.25) is 14.6 Å². The van der Waals surface area contributed by atoms with E-state index in [1.54, 1.807) is 36.1 Å². The number of carbonyl (C=O) groups is 2. The molecule has 0 spiro atoms.